The molecular formula is C21H23BrN2O2. The van der Waals surface area contributed by atoms with Crippen LogP contribution in [0.25, 0.3) is 0 Å². The van der Waals surface area contributed by atoms with Crippen LogP contribution in [0.2, 0.25) is 0 Å². The molecule has 0 radical (unpaired) electrons. The van der Waals surface area contributed by atoms with Crippen LogP contribution >= 0.6 is 15.9 Å². The monoisotopic (exact) mass is 414 g/mol. The Hall–Kier alpha value is -2.14. The van der Waals surface area contributed by atoms with E-state index in [1.807, 2.05) is 25.1 Å². The fourth-order valence-corrected chi connectivity index (χ4v) is 3.85. The second-order valence-electron chi connectivity index (χ2n) is 6.84. The maximum absolute atomic E-state index is 12.5. The van der Waals surface area contributed by atoms with E-state index in [4.69, 9.17) is 0 Å². The number of halogens is 1. The van der Waals surface area contributed by atoms with E-state index in [0.29, 0.717) is 24.7 Å². The van der Waals surface area contributed by atoms with Gasteiger partial charge in [0.25, 0.3) is 0 Å². The zero-order valence-electron chi connectivity index (χ0n) is 14.9. The summed E-state index contributed by atoms with van der Waals surface area (Å²) in [6, 6.07) is 16.0. The second-order valence-corrected chi connectivity index (χ2v) is 7.75. The highest BCUT2D eigenvalue weighted by molar-refractivity contribution is 9.10. The van der Waals surface area contributed by atoms with E-state index in [9.17, 15) is 9.59 Å². The maximum atomic E-state index is 12.5. The molecule has 0 unspecified atom stereocenters. The molecule has 2 amide bonds. The van der Waals surface area contributed by atoms with E-state index in [0.717, 1.165) is 29.3 Å². The van der Waals surface area contributed by atoms with Crippen LogP contribution < -0.4 is 5.32 Å². The Morgan fingerprint density at radius 1 is 1.12 bits per heavy atom. The molecule has 136 valence electrons. The van der Waals surface area contributed by atoms with Gasteiger partial charge in [0, 0.05) is 23.2 Å². The fourth-order valence-electron chi connectivity index (χ4n) is 3.37. The lowest BCUT2D eigenvalue weighted by Crippen LogP contribution is -2.44. The smallest absolute Gasteiger partial charge is 0.313 e. The molecule has 5 heteroatoms. The van der Waals surface area contributed by atoms with Crippen LogP contribution in [0, 0.1) is 12.8 Å². The summed E-state index contributed by atoms with van der Waals surface area (Å²) in [5, 5.41) is 2.73. The van der Waals surface area contributed by atoms with Crippen LogP contribution in [0.3, 0.4) is 0 Å². The largest absolute Gasteiger partial charge is 0.334 e. The number of aryl methyl sites for hydroxylation is 1. The van der Waals surface area contributed by atoms with Crippen molar-refractivity contribution in [3.8, 4) is 0 Å². The van der Waals surface area contributed by atoms with E-state index >= 15 is 0 Å². The lowest BCUT2D eigenvalue weighted by atomic mass is 9.90. The number of benzene rings is 2. The number of piperidine rings is 1. The Bertz CT molecular complexity index is 784. The molecule has 0 spiro atoms. The number of likely N-dealkylation sites (tertiary alicyclic amines) is 1. The van der Waals surface area contributed by atoms with Gasteiger partial charge in [0.15, 0.2) is 0 Å². The molecule has 1 fully saturated rings. The van der Waals surface area contributed by atoms with Crippen molar-refractivity contribution in [3.05, 3.63) is 64.1 Å². The lowest BCUT2D eigenvalue weighted by molar-refractivity contribution is -0.144. The van der Waals surface area contributed by atoms with Gasteiger partial charge in [-0.15, -0.1) is 0 Å². The molecule has 1 N–H and O–H groups in total. The molecule has 2 aromatic carbocycles. The molecule has 26 heavy (non-hydrogen) atoms. The molecule has 0 aromatic heterocycles. The van der Waals surface area contributed by atoms with Crippen molar-refractivity contribution >= 4 is 33.4 Å². The van der Waals surface area contributed by atoms with Gasteiger partial charge in [0.1, 0.15) is 0 Å². The second kappa shape index (κ2) is 8.49. The Morgan fingerprint density at radius 3 is 2.46 bits per heavy atom. The van der Waals surface area contributed by atoms with Crippen LogP contribution in [0.1, 0.15) is 24.0 Å². The molecule has 0 atom stereocenters. The number of carbonyl (C=O) groups is 2. The molecule has 0 bridgehead atoms. The van der Waals surface area contributed by atoms with Gasteiger partial charge in [-0.2, -0.15) is 0 Å². The molecular weight excluding hydrogens is 392 g/mol. The van der Waals surface area contributed by atoms with Gasteiger partial charge in [-0.25, -0.2) is 0 Å². The van der Waals surface area contributed by atoms with Crippen LogP contribution in [0.4, 0.5) is 5.69 Å². The fraction of sp³-hybridized carbons (Fsp3) is 0.333. The zero-order valence-corrected chi connectivity index (χ0v) is 16.5. The van der Waals surface area contributed by atoms with Crippen molar-refractivity contribution in [1.29, 1.82) is 0 Å². The Kier molecular flexibility index (Phi) is 6.09. The molecule has 1 heterocycles. The average molecular weight is 415 g/mol. The lowest BCUT2D eigenvalue weighted by Gasteiger charge is -2.31. The Labute approximate surface area is 162 Å². The average Bonchev–Trinajstić information content (AvgIpc) is 2.65. The standard InChI is InChI=1S/C21H23BrN2O2/c1-15-13-18(22)7-8-19(15)23-20(25)21(26)24-11-9-17(10-12-24)14-16-5-3-2-4-6-16/h2-8,13,17H,9-12,14H2,1H3,(H,23,25). The van der Waals surface area contributed by atoms with Crippen molar-refractivity contribution in [3.63, 3.8) is 0 Å². The predicted octanol–water partition coefficient (Wildman–Crippen LogP) is 4.18. The SMILES string of the molecule is Cc1cc(Br)ccc1NC(=O)C(=O)N1CCC(Cc2ccccc2)CC1. The van der Waals surface area contributed by atoms with Crippen LogP contribution in [-0.2, 0) is 16.0 Å². The Balaban J connectivity index is 1.52. The van der Waals surface area contributed by atoms with Crippen molar-refractivity contribution in [2.75, 3.05) is 18.4 Å². The molecule has 0 saturated carbocycles. The van der Waals surface area contributed by atoms with Crippen LogP contribution in [-0.4, -0.2) is 29.8 Å². The highest BCUT2D eigenvalue weighted by atomic mass is 79.9. The quantitative estimate of drug-likeness (QED) is 0.765. The topological polar surface area (TPSA) is 49.4 Å². The maximum Gasteiger partial charge on any atom is 0.313 e. The summed E-state index contributed by atoms with van der Waals surface area (Å²) in [5.74, 6) is -0.430. The number of nitrogens with one attached hydrogen (secondary N) is 1. The molecule has 1 aliphatic rings. The Morgan fingerprint density at radius 2 is 1.81 bits per heavy atom. The van der Waals surface area contributed by atoms with Gasteiger partial charge in [-0.05, 0) is 61.4 Å². The summed E-state index contributed by atoms with van der Waals surface area (Å²) < 4.78 is 0.944. The molecule has 1 saturated heterocycles. The summed E-state index contributed by atoms with van der Waals surface area (Å²) in [6.07, 6.45) is 2.91. The van der Waals surface area contributed by atoms with E-state index in [-0.39, 0.29) is 0 Å². The summed E-state index contributed by atoms with van der Waals surface area (Å²) >= 11 is 3.40. The molecule has 3 rings (SSSR count). The highest BCUT2D eigenvalue weighted by Gasteiger charge is 2.27. The number of hydrogen-bond donors (Lipinski definition) is 1. The van der Waals surface area contributed by atoms with E-state index in [2.05, 4.69) is 45.5 Å². The van der Waals surface area contributed by atoms with E-state index < -0.39 is 11.8 Å². The normalized spacial score (nSPS) is 14.9. The van der Waals surface area contributed by atoms with Crippen molar-refractivity contribution in [2.45, 2.75) is 26.2 Å². The minimum absolute atomic E-state index is 0.439. The van der Waals surface area contributed by atoms with Crippen molar-refractivity contribution < 1.29 is 9.59 Å². The highest BCUT2D eigenvalue weighted by Crippen LogP contribution is 2.23. The summed E-state index contributed by atoms with van der Waals surface area (Å²) in [7, 11) is 0. The van der Waals surface area contributed by atoms with E-state index in [1.165, 1.54) is 5.56 Å². The third-order valence-corrected chi connectivity index (χ3v) is 5.39. The summed E-state index contributed by atoms with van der Waals surface area (Å²) in [6.45, 7) is 3.19. The van der Waals surface area contributed by atoms with Gasteiger partial charge < -0.3 is 10.2 Å². The van der Waals surface area contributed by atoms with Crippen LogP contribution in [0.5, 0.6) is 0 Å². The predicted molar refractivity (Wildman–Crippen MR) is 107 cm³/mol. The minimum Gasteiger partial charge on any atom is -0.334 e. The minimum atomic E-state index is -0.558. The first-order valence-corrected chi connectivity index (χ1v) is 9.72. The van der Waals surface area contributed by atoms with Gasteiger partial charge >= 0.3 is 11.8 Å². The number of carbonyl (C=O) groups excluding carboxylic acids is 2. The van der Waals surface area contributed by atoms with Crippen molar-refractivity contribution in [2.24, 2.45) is 5.92 Å². The number of hydrogen-bond acceptors (Lipinski definition) is 2. The number of nitrogens with zero attached hydrogens (tertiary/aromatic N) is 1. The third-order valence-electron chi connectivity index (χ3n) is 4.90. The molecule has 0 aliphatic carbocycles. The number of amides is 2. The molecule has 4 nitrogen and oxygen atoms in total. The van der Waals surface area contributed by atoms with Crippen LogP contribution in [0.15, 0.2) is 53.0 Å². The van der Waals surface area contributed by atoms with Gasteiger partial charge in [-0.1, -0.05) is 46.3 Å². The van der Waals surface area contributed by atoms with Gasteiger partial charge in [-0.3, -0.25) is 9.59 Å². The van der Waals surface area contributed by atoms with Gasteiger partial charge in [0.05, 0.1) is 0 Å². The first kappa shape index (κ1) is 18.6. The summed E-state index contributed by atoms with van der Waals surface area (Å²) in [5.41, 5.74) is 2.92. The molecule has 1 aliphatic heterocycles. The van der Waals surface area contributed by atoms with E-state index in [1.54, 1.807) is 11.0 Å². The van der Waals surface area contributed by atoms with Crippen molar-refractivity contribution in [1.82, 2.24) is 4.90 Å². The first-order valence-electron chi connectivity index (χ1n) is 8.93. The third kappa shape index (κ3) is 4.73. The molecule has 2 aromatic rings. The van der Waals surface area contributed by atoms with Gasteiger partial charge in [0.2, 0.25) is 0 Å². The number of rotatable bonds is 3. The number of anilines is 1. The zero-order chi connectivity index (χ0) is 18.5. The summed E-state index contributed by atoms with van der Waals surface area (Å²) in [4.78, 5) is 26.4. The first-order chi connectivity index (χ1) is 12.5.